The second-order valence-electron chi connectivity index (χ2n) is 8.29. The van der Waals surface area contributed by atoms with Gasteiger partial charge in [0.05, 0.1) is 6.04 Å². The van der Waals surface area contributed by atoms with Gasteiger partial charge in [-0.15, -0.1) is 0 Å². The van der Waals surface area contributed by atoms with Crippen molar-refractivity contribution < 1.29 is 19.1 Å². The SMILES string of the molecule is C/C(=C/[C@H](Cc1ccccc1)NC(=O)OC(C)(C)C)C(=O)OC(C)(C)C. The Labute approximate surface area is 156 Å². The van der Waals surface area contributed by atoms with Crippen LogP contribution in [0.1, 0.15) is 54.0 Å². The molecule has 0 bridgehead atoms. The van der Waals surface area contributed by atoms with Gasteiger partial charge in [-0.1, -0.05) is 36.4 Å². The van der Waals surface area contributed by atoms with Crippen molar-refractivity contribution >= 4 is 12.1 Å². The Morgan fingerprint density at radius 1 is 1.00 bits per heavy atom. The molecule has 0 saturated carbocycles. The fourth-order valence-electron chi connectivity index (χ4n) is 2.21. The first-order valence-electron chi connectivity index (χ1n) is 8.81. The van der Waals surface area contributed by atoms with Gasteiger partial charge in [0.25, 0.3) is 0 Å². The van der Waals surface area contributed by atoms with Crippen LogP contribution < -0.4 is 5.32 Å². The smallest absolute Gasteiger partial charge is 0.408 e. The first-order chi connectivity index (χ1) is 11.9. The van der Waals surface area contributed by atoms with Crippen LogP contribution in [0.15, 0.2) is 42.0 Å². The number of amides is 1. The molecule has 1 atom stereocenters. The highest BCUT2D eigenvalue weighted by molar-refractivity contribution is 5.88. The van der Waals surface area contributed by atoms with Crippen LogP contribution in [-0.2, 0) is 20.7 Å². The standard InChI is InChI=1S/C21H31NO4/c1-15(18(23)25-20(2,3)4)13-17(14-16-11-9-8-10-12-16)22-19(24)26-21(5,6)7/h8-13,17H,14H2,1-7H3,(H,22,24)/b15-13-/t17-/m1/s1. The van der Waals surface area contributed by atoms with Crippen LogP contribution in [0.25, 0.3) is 0 Å². The van der Waals surface area contributed by atoms with Crippen molar-refractivity contribution in [1.29, 1.82) is 0 Å². The topological polar surface area (TPSA) is 64.6 Å². The molecule has 26 heavy (non-hydrogen) atoms. The van der Waals surface area contributed by atoms with E-state index in [1.807, 2.05) is 51.1 Å². The van der Waals surface area contributed by atoms with Gasteiger partial charge in [-0.2, -0.15) is 0 Å². The number of ether oxygens (including phenoxy) is 2. The average Bonchev–Trinajstić information content (AvgIpc) is 2.44. The molecule has 0 heterocycles. The van der Waals surface area contributed by atoms with Gasteiger partial charge in [0.2, 0.25) is 0 Å². The Kier molecular flexibility index (Phi) is 7.42. The maximum absolute atomic E-state index is 12.2. The number of hydrogen-bond acceptors (Lipinski definition) is 4. The first kappa shape index (κ1) is 21.7. The molecular formula is C21H31NO4. The summed E-state index contributed by atoms with van der Waals surface area (Å²) in [5.74, 6) is -0.401. The monoisotopic (exact) mass is 361 g/mol. The predicted octanol–water partition coefficient (Wildman–Crippen LogP) is 4.41. The van der Waals surface area contributed by atoms with Gasteiger partial charge >= 0.3 is 12.1 Å². The second-order valence-corrected chi connectivity index (χ2v) is 8.29. The number of esters is 1. The molecule has 144 valence electrons. The van der Waals surface area contributed by atoms with Gasteiger partial charge in [0.15, 0.2) is 0 Å². The third kappa shape index (κ3) is 9.25. The molecule has 5 heteroatoms. The predicted molar refractivity (Wildman–Crippen MR) is 103 cm³/mol. The van der Waals surface area contributed by atoms with Gasteiger partial charge in [0, 0.05) is 5.57 Å². The summed E-state index contributed by atoms with van der Waals surface area (Å²) in [6.45, 7) is 12.6. The van der Waals surface area contributed by atoms with Gasteiger partial charge in [0.1, 0.15) is 11.2 Å². The van der Waals surface area contributed by atoms with E-state index in [4.69, 9.17) is 9.47 Å². The van der Waals surface area contributed by atoms with Crippen LogP contribution in [0.2, 0.25) is 0 Å². The molecule has 0 aromatic heterocycles. The Balaban J connectivity index is 2.94. The van der Waals surface area contributed by atoms with Crippen LogP contribution >= 0.6 is 0 Å². The largest absolute Gasteiger partial charge is 0.457 e. The summed E-state index contributed by atoms with van der Waals surface area (Å²) < 4.78 is 10.7. The minimum atomic E-state index is -0.592. The van der Waals surface area contributed by atoms with E-state index in [2.05, 4.69) is 5.32 Å². The van der Waals surface area contributed by atoms with E-state index >= 15 is 0 Å². The summed E-state index contributed by atoms with van der Waals surface area (Å²) in [6.07, 6.45) is 1.73. The fraction of sp³-hybridized carbons (Fsp3) is 0.524. The van der Waals surface area contributed by atoms with Crippen LogP contribution in [0, 0.1) is 0 Å². The number of carbonyl (C=O) groups is 2. The minimum absolute atomic E-state index is 0.389. The summed E-state index contributed by atoms with van der Waals surface area (Å²) in [7, 11) is 0. The van der Waals surface area contributed by atoms with E-state index < -0.39 is 23.3 Å². The van der Waals surface area contributed by atoms with Crippen molar-refractivity contribution in [2.24, 2.45) is 0 Å². The molecule has 1 aromatic rings. The highest BCUT2D eigenvalue weighted by Gasteiger charge is 2.21. The fourth-order valence-corrected chi connectivity index (χ4v) is 2.21. The molecule has 1 amide bonds. The molecule has 0 aliphatic rings. The zero-order valence-corrected chi connectivity index (χ0v) is 16.9. The third-order valence-electron chi connectivity index (χ3n) is 3.17. The average molecular weight is 361 g/mol. The maximum atomic E-state index is 12.2. The van der Waals surface area contributed by atoms with E-state index in [1.54, 1.807) is 33.8 Å². The van der Waals surface area contributed by atoms with Crippen LogP contribution in [0.4, 0.5) is 4.79 Å². The van der Waals surface area contributed by atoms with Crippen molar-refractivity contribution in [2.45, 2.75) is 72.1 Å². The van der Waals surface area contributed by atoms with Gasteiger partial charge in [-0.3, -0.25) is 0 Å². The molecule has 0 aliphatic heterocycles. The lowest BCUT2D eigenvalue weighted by atomic mass is 10.0. The Bertz CT molecular complexity index is 636. The van der Waals surface area contributed by atoms with Crippen molar-refractivity contribution in [2.75, 3.05) is 0 Å². The van der Waals surface area contributed by atoms with Gasteiger partial charge < -0.3 is 14.8 Å². The number of benzene rings is 1. The van der Waals surface area contributed by atoms with Gasteiger partial charge in [-0.25, -0.2) is 9.59 Å². The van der Waals surface area contributed by atoms with E-state index in [9.17, 15) is 9.59 Å². The van der Waals surface area contributed by atoms with E-state index in [0.717, 1.165) is 5.56 Å². The van der Waals surface area contributed by atoms with Crippen molar-refractivity contribution in [1.82, 2.24) is 5.32 Å². The van der Waals surface area contributed by atoms with E-state index in [1.165, 1.54) is 0 Å². The van der Waals surface area contributed by atoms with Crippen molar-refractivity contribution in [3.05, 3.63) is 47.5 Å². The Morgan fingerprint density at radius 3 is 2.04 bits per heavy atom. The van der Waals surface area contributed by atoms with Crippen LogP contribution in [0.5, 0.6) is 0 Å². The molecule has 0 radical (unpaired) electrons. The molecule has 0 aliphatic carbocycles. The number of rotatable bonds is 5. The summed E-state index contributed by atoms with van der Waals surface area (Å²) >= 11 is 0. The van der Waals surface area contributed by atoms with Crippen molar-refractivity contribution in [3.8, 4) is 0 Å². The van der Waals surface area contributed by atoms with E-state index in [-0.39, 0.29) is 6.04 Å². The number of carbonyl (C=O) groups excluding carboxylic acids is 2. The summed E-state index contributed by atoms with van der Waals surface area (Å²) in [5, 5.41) is 2.83. The molecule has 0 spiro atoms. The van der Waals surface area contributed by atoms with Gasteiger partial charge in [-0.05, 0) is 60.5 Å². The first-order valence-corrected chi connectivity index (χ1v) is 8.81. The lowest BCUT2D eigenvalue weighted by molar-refractivity contribution is -0.149. The second kappa shape index (κ2) is 8.88. The summed E-state index contributed by atoms with van der Waals surface area (Å²) in [4.78, 5) is 24.4. The molecule has 1 rings (SSSR count). The molecule has 1 N–H and O–H groups in total. The normalized spacial score (nSPS) is 13.7. The Hall–Kier alpha value is -2.30. The molecule has 1 aromatic carbocycles. The number of alkyl carbamates (subject to hydrolysis) is 1. The zero-order valence-electron chi connectivity index (χ0n) is 16.9. The zero-order chi connectivity index (χ0) is 20.0. The molecular weight excluding hydrogens is 330 g/mol. The molecule has 0 unspecified atom stereocenters. The number of nitrogens with one attached hydrogen (secondary N) is 1. The third-order valence-corrected chi connectivity index (χ3v) is 3.17. The summed E-state index contributed by atoms with van der Waals surface area (Å²) in [6, 6.07) is 9.36. The van der Waals surface area contributed by atoms with E-state index in [0.29, 0.717) is 12.0 Å². The van der Waals surface area contributed by atoms with Crippen LogP contribution in [-0.4, -0.2) is 29.3 Å². The summed E-state index contributed by atoms with van der Waals surface area (Å²) in [5.41, 5.74) is 0.323. The van der Waals surface area contributed by atoms with Crippen LogP contribution in [0.3, 0.4) is 0 Å². The molecule has 0 fully saturated rings. The molecule has 0 saturated heterocycles. The minimum Gasteiger partial charge on any atom is -0.457 e. The molecule has 5 nitrogen and oxygen atoms in total. The Morgan fingerprint density at radius 2 is 1.54 bits per heavy atom. The lowest BCUT2D eigenvalue weighted by Crippen LogP contribution is -2.39. The maximum Gasteiger partial charge on any atom is 0.408 e. The van der Waals surface area contributed by atoms with Crippen molar-refractivity contribution in [3.63, 3.8) is 0 Å². The quantitative estimate of drug-likeness (QED) is 0.623. The highest BCUT2D eigenvalue weighted by atomic mass is 16.6. The highest BCUT2D eigenvalue weighted by Crippen LogP contribution is 2.13. The lowest BCUT2D eigenvalue weighted by Gasteiger charge is -2.23. The number of hydrogen-bond donors (Lipinski definition) is 1.